The van der Waals surface area contributed by atoms with E-state index in [0.29, 0.717) is 19.3 Å². The number of ether oxygens (including phenoxy) is 3. The monoisotopic (exact) mass is 1150 g/mol. The molecule has 0 fully saturated rings. The van der Waals surface area contributed by atoms with Crippen LogP contribution >= 0.6 is 0 Å². The highest BCUT2D eigenvalue weighted by atomic mass is 16.6. The van der Waals surface area contributed by atoms with Gasteiger partial charge in [0, 0.05) is 19.3 Å². The van der Waals surface area contributed by atoms with Crippen LogP contribution in [0, 0.1) is 0 Å². The number of carbonyl (C=O) groups excluding carboxylic acids is 3. The van der Waals surface area contributed by atoms with E-state index >= 15 is 0 Å². The molecule has 0 amide bonds. The van der Waals surface area contributed by atoms with Crippen LogP contribution in [0.1, 0.15) is 329 Å². The van der Waals surface area contributed by atoms with Gasteiger partial charge in [0.25, 0.3) is 0 Å². The molecule has 0 aromatic carbocycles. The average Bonchev–Trinajstić information content (AvgIpc) is 3.49. The molecule has 6 heteroatoms. The quantitative estimate of drug-likeness (QED) is 0.0261. The van der Waals surface area contributed by atoms with E-state index in [0.717, 1.165) is 96.3 Å². The standard InChI is InChI=1S/C77H130O6/c1-4-7-10-13-16-19-22-25-28-31-34-36-38-40-43-46-49-52-55-58-61-64-67-70-76(79)82-73-74(72-81-75(78)69-66-63-60-57-54-51-48-45-42-33-30-27-24-21-18-15-12-9-6-3)83-77(80)71-68-65-62-59-56-53-50-47-44-41-39-37-35-32-29-26-23-20-17-14-11-8-5-2/h7,10,16,19,23,25-28,30,32,34-36,40,43,49,52,58,61,74H,4-6,8-9,11-15,17-18,20-22,24,29,31,33,37-39,41-42,44-48,50-51,53-57,59-60,62-73H2,1-3H3/b10-7-,19-16-,26-23-,28-25-,30-27-,35-32-,36-34-,43-40-,52-49-,61-58-. The van der Waals surface area contributed by atoms with Gasteiger partial charge in [0.05, 0.1) is 0 Å². The van der Waals surface area contributed by atoms with Crippen LogP contribution in [-0.4, -0.2) is 37.2 Å². The van der Waals surface area contributed by atoms with E-state index in [4.69, 9.17) is 14.2 Å². The van der Waals surface area contributed by atoms with E-state index in [1.165, 1.54) is 186 Å². The highest BCUT2D eigenvalue weighted by Gasteiger charge is 2.19. The molecule has 83 heavy (non-hydrogen) atoms. The Kier molecular flexibility index (Phi) is 66.7. The van der Waals surface area contributed by atoms with E-state index in [9.17, 15) is 14.4 Å². The number of hydrogen-bond donors (Lipinski definition) is 0. The Balaban J connectivity index is 4.48. The smallest absolute Gasteiger partial charge is 0.306 e. The summed E-state index contributed by atoms with van der Waals surface area (Å²) in [6, 6.07) is 0. The van der Waals surface area contributed by atoms with Gasteiger partial charge in [-0.1, -0.05) is 303 Å². The van der Waals surface area contributed by atoms with E-state index in [1.807, 2.05) is 0 Å². The SMILES string of the molecule is CC/C=C\C/C=C\C/C=C\C/C=C\C/C=C\C/C=C\C/C=C\CCCC(=O)OCC(COC(=O)CCCCCCCCCCC/C=C\CCCCCCCC)OC(=O)CCCCCCCCCCCCC/C=C\C/C=C\CCCCCCC. The Hall–Kier alpha value is -4.19. The van der Waals surface area contributed by atoms with Crippen molar-refractivity contribution < 1.29 is 28.6 Å². The van der Waals surface area contributed by atoms with Gasteiger partial charge in [-0.3, -0.25) is 14.4 Å². The molecule has 0 rings (SSSR count). The van der Waals surface area contributed by atoms with Gasteiger partial charge in [-0.05, 0) is 128 Å². The van der Waals surface area contributed by atoms with Gasteiger partial charge < -0.3 is 14.2 Å². The van der Waals surface area contributed by atoms with Crippen molar-refractivity contribution in [3.8, 4) is 0 Å². The molecular formula is C77H130O6. The molecule has 0 aliphatic heterocycles. The van der Waals surface area contributed by atoms with E-state index < -0.39 is 6.10 Å². The molecule has 0 saturated heterocycles. The van der Waals surface area contributed by atoms with Gasteiger partial charge in [0.1, 0.15) is 13.2 Å². The largest absolute Gasteiger partial charge is 0.462 e. The number of carbonyl (C=O) groups is 3. The highest BCUT2D eigenvalue weighted by Crippen LogP contribution is 2.16. The molecule has 0 aromatic rings. The Morgan fingerprint density at radius 3 is 0.795 bits per heavy atom. The number of esters is 3. The number of allylic oxidation sites excluding steroid dienone is 20. The van der Waals surface area contributed by atoms with Crippen molar-refractivity contribution >= 4 is 17.9 Å². The second-order valence-corrected chi connectivity index (χ2v) is 23.1. The minimum Gasteiger partial charge on any atom is -0.462 e. The lowest BCUT2D eigenvalue weighted by molar-refractivity contribution is -0.167. The van der Waals surface area contributed by atoms with Crippen LogP contribution in [0.15, 0.2) is 122 Å². The van der Waals surface area contributed by atoms with Crippen molar-refractivity contribution in [1.29, 1.82) is 0 Å². The summed E-state index contributed by atoms with van der Waals surface area (Å²) in [4.78, 5) is 38.5. The zero-order chi connectivity index (χ0) is 59.9. The second-order valence-electron chi connectivity index (χ2n) is 23.1. The van der Waals surface area contributed by atoms with E-state index in [2.05, 4.69) is 142 Å². The maximum absolute atomic E-state index is 13.0. The molecule has 0 saturated carbocycles. The minimum atomic E-state index is -0.809. The molecule has 0 radical (unpaired) electrons. The normalized spacial score (nSPS) is 12.9. The molecule has 0 aliphatic rings. The van der Waals surface area contributed by atoms with Crippen LogP contribution in [0.25, 0.3) is 0 Å². The predicted octanol–water partition coefficient (Wildman–Crippen LogP) is 24.3. The van der Waals surface area contributed by atoms with Crippen molar-refractivity contribution in [2.24, 2.45) is 0 Å². The lowest BCUT2D eigenvalue weighted by Gasteiger charge is -2.18. The van der Waals surface area contributed by atoms with Crippen molar-refractivity contribution in [2.75, 3.05) is 13.2 Å². The zero-order valence-corrected chi connectivity index (χ0v) is 54.4. The molecular weight excluding hydrogens is 1020 g/mol. The summed E-state index contributed by atoms with van der Waals surface area (Å²) in [5, 5.41) is 0. The van der Waals surface area contributed by atoms with E-state index in [-0.39, 0.29) is 37.5 Å². The topological polar surface area (TPSA) is 78.9 Å². The van der Waals surface area contributed by atoms with Crippen LogP contribution in [-0.2, 0) is 28.6 Å². The molecule has 1 unspecified atom stereocenters. The molecule has 0 bridgehead atoms. The molecule has 474 valence electrons. The Morgan fingerprint density at radius 1 is 0.253 bits per heavy atom. The molecule has 0 spiro atoms. The van der Waals surface area contributed by atoms with Crippen LogP contribution in [0.2, 0.25) is 0 Å². The molecule has 0 aromatic heterocycles. The summed E-state index contributed by atoms with van der Waals surface area (Å²) in [7, 11) is 0. The van der Waals surface area contributed by atoms with Crippen LogP contribution < -0.4 is 0 Å². The van der Waals surface area contributed by atoms with Crippen molar-refractivity contribution in [3.63, 3.8) is 0 Å². The summed E-state index contributed by atoms with van der Waals surface area (Å²) in [6.45, 7) is 6.49. The summed E-state index contributed by atoms with van der Waals surface area (Å²) in [6.07, 6.45) is 97.9. The zero-order valence-electron chi connectivity index (χ0n) is 54.4. The number of unbranched alkanes of at least 4 members (excludes halogenated alkanes) is 32. The van der Waals surface area contributed by atoms with Crippen molar-refractivity contribution in [2.45, 2.75) is 335 Å². The fraction of sp³-hybridized carbons (Fsp3) is 0.701. The van der Waals surface area contributed by atoms with Crippen LogP contribution in [0.5, 0.6) is 0 Å². The average molecular weight is 1150 g/mol. The van der Waals surface area contributed by atoms with Gasteiger partial charge in [-0.2, -0.15) is 0 Å². The maximum Gasteiger partial charge on any atom is 0.306 e. The van der Waals surface area contributed by atoms with Gasteiger partial charge in [0.15, 0.2) is 6.10 Å². The number of rotatable bonds is 63. The Labute approximate surface area is 513 Å². The third-order valence-electron chi connectivity index (χ3n) is 14.9. The molecule has 0 N–H and O–H groups in total. The maximum atomic E-state index is 13.0. The van der Waals surface area contributed by atoms with Crippen molar-refractivity contribution in [3.05, 3.63) is 122 Å². The third-order valence-corrected chi connectivity index (χ3v) is 14.9. The first kappa shape index (κ1) is 78.8. The lowest BCUT2D eigenvalue weighted by atomic mass is 10.0. The molecule has 1 atom stereocenters. The summed E-state index contributed by atoms with van der Waals surface area (Å²) in [5.41, 5.74) is 0. The van der Waals surface area contributed by atoms with Gasteiger partial charge in [0.2, 0.25) is 0 Å². The lowest BCUT2D eigenvalue weighted by Crippen LogP contribution is -2.30. The summed E-state index contributed by atoms with van der Waals surface area (Å²) >= 11 is 0. The summed E-state index contributed by atoms with van der Waals surface area (Å²) in [5.74, 6) is -0.954. The molecule has 6 nitrogen and oxygen atoms in total. The fourth-order valence-electron chi connectivity index (χ4n) is 9.69. The van der Waals surface area contributed by atoms with Crippen molar-refractivity contribution in [1.82, 2.24) is 0 Å². The minimum absolute atomic E-state index is 0.0988. The van der Waals surface area contributed by atoms with Gasteiger partial charge in [-0.15, -0.1) is 0 Å². The predicted molar refractivity (Wildman–Crippen MR) is 362 cm³/mol. The first-order valence-electron chi connectivity index (χ1n) is 35.0. The Morgan fingerprint density at radius 2 is 0.482 bits per heavy atom. The first-order chi connectivity index (χ1) is 41.0. The molecule has 0 aliphatic carbocycles. The van der Waals surface area contributed by atoms with Gasteiger partial charge >= 0.3 is 17.9 Å². The van der Waals surface area contributed by atoms with Crippen LogP contribution in [0.4, 0.5) is 0 Å². The highest BCUT2D eigenvalue weighted by molar-refractivity contribution is 5.71. The van der Waals surface area contributed by atoms with Crippen LogP contribution in [0.3, 0.4) is 0 Å². The first-order valence-corrected chi connectivity index (χ1v) is 35.0. The van der Waals surface area contributed by atoms with E-state index in [1.54, 1.807) is 0 Å². The summed E-state index contributed by atoms with van der Waals surface area (Å²) < 4.78 is 16.9. The molecule has 0 heterocycles. The Bertz CT molecular complexity index is 1700. The number of hydrogen-bond acceptors (Lipinski definition) is 6. The third kappa shape index (κ3) is 68.5. The van der Waals surface area contributed by atoms with Gasteiger partial charge in [-0.25, -0.2) is 0 Å². The fourth-order valence-corrected chi connectivity index (χ4v) is 9.69. The second kappa shape index (κ2) is 70.3.